The lowest BCUT2D eigenvalue weighted by atomic mass is 10.5. The standard InChI is InChI=1S/C9H21FO4P2/c1-7(2)13-16(12,14-8(3)4)9(10)15(5,6)11/h7-9H,1-6H3. The third-order valence-corrected chi connectivity index (χ3v) is 6.99. The zero-order valence-electron chi connectivity index (χ0n) is 10.6. The Morgan fingerprint density at radius 2 is 1.25 bits per heavy atom. The van der Waals surface area contributed by atoms with Crippen molar-refractivity contribution in [1.29, 1.82) is 0 Å². The SMILES string of the molecule is CC(C)OP(=O)(OC(C)C)C(F)P(C)(C)=O. The highest BCUT2D eigenvalue weighted by molar-refractivity contribution is 7.76. The normalized spacial score (nSPS) is 15.8. The molecule has 98 valence electrons. The van der Waals surface area contributed by atoms with Crippen molar-refractivity contribution in [3.05, 3.63) is 0 Å². The maximum Gasteiger partial charge on any atom is 0.372 e. The summed E-state index contributed by atoms with van der Waals surface area (Å²) in [5.41, 5.74) is -2.07. The van der Waals surface area contributed by atoms with Crippen molar-refractivity contribution in [3.8, 4) is 0 Å². The van der Waals surface area contributed by atoms with Gasteiger partial charge in [-0.3, -0.25) is 4.57 Å². The summed E-state index contributed by atoms with van der Waals surface area (Å²) in [6.07, 6.45) is -0.899. The van der Waals surface area contributed by atoms with E-state index in [2.05, 4.69) is 0 Å². The highest BCUT2D eigenvalue weighted by Crippen LogP contribution is 2.67. The van der Waals surface area contributed by atoms with E-state index in [1.54, 1.807) is 27.7 Å². The van der Waals surface area contributed by atoms with Crippen LogP contribution < -0.4 is 0 Å². The van der Waals surface area contributed by atoms with E-state index in [9.17, 15) is 13.5 Å². The molecule has 0 radical (unpaired) electrons. The molecule has 0 spiro atoms. The molecule has 0 amide bonds. The Hall–Kier alpha value is 0.310. The van der Waals surface area contributed by atoms with E-state index in [1.165, 1.54) is 13.3 Å². The van der Waals surface area contributed by atoms with Crippen LogP contribution >= 0.6 is 14.7 Å². The molecule has 0 saturated heterocycles. The molecule has 0 aliphatic carbocycles. The van der Waals surface area contributed by atoms with Crippen LogP contribution in [0, 0.1) is 0 Å². The Morgan fingerprint density at radius 3 is 1.44 bits per heavy atom. The highest BCUT2D eigenvalue weighted by Gasteiger charge is 2.45. The third kappa shape index (κ3) is 5.09. The van der Waals surface area contributed by atoms with Gasteiger partial charge in [0.2, 0.25) is 0 Å². The fourth-order valence-corrected chi connectivity index (χ4v) is 5.53. The fraction of sp³-hybridized carbons (Fsp3) is 1.00. The summed E-state index contributed by atoms with van der Waals surface area (Å²) in [5.74, 6) is 0. The van der Waals surface area contributed by atoms with E-state index in [0.29, 0.717) is 0 Å². The summed E-state index contributed by atoms with van der Waals surface area (Å²) in [5, 5.41) is 0. The molecule has 0 fully saturated rings. The van der Waals surface area contributed by atoms with E-state index in [0.717, 1.165) is 0 Å². The van der Waals surface area contributed by atoms with Crippen LogP contribution in [0.1, 0.15) is 27.7 Å². The molecule has 4 nitrogen and oxygen atoms in total. The first-order chi connectivity index (χ1) is 6.99. The topological polar surface area (TPSA) is 52.6 Å². The highest BCUT2D eigenvalue weighted by atomic mass is 31.2. The average Bonchev–Trinajstić information content (AvgIpc) is 1.97. The Labute approximate surface area is 96.8 Å². The van der Waals surface area contributed by atoms with Crippen LogP contribution in [0.5, 0.6) is 0 Å². The fourth-order valence-electron chi connectivity index (χ4n) is 1.05. The molecule has 0 heterocycles. The van der Waals surface area contributed by atoms with Crippen molar-refractivity contribution in [2.75, 3.05) is 13.3 Å². The maximum absolute atomic E-state index is 13.9. The van der Waals surface area contributed by atoms with Gasteiger partial charge in [0.1, 0.15) is 7.14 Å². The molecule has 7 heteroatoms. The molecule has 0 aliphatic heterocycles. The summed E-state index contributed by atoms with van der Waals surface area (Å²) in [7, 11) is -7.14. The number of hydrogen-bond donors (Lipinski definition) is 0. The smallest absolute Gasteiger partial charge is 0.320 e. The van der Waals surface area contributed by atoms with Gasteiger partial charge in [0.15, 0.2) is 0 Å². The number of alkyl halides is 1. The van der Waals surface area contributed by atoms with E-state index in [4.69, 9.17) is 9.05 Å². The molecule has 0 N–H and O–H groups in total. The molecule has 0 aromatic carbocycles. The van der Waals surface area contributed by atoms with Crippen LogP contribution in [0.25, 0.3) is 0 Å². The van der Waals surface area contributed by atoms with E-state index in [-0.39, 0.29) is 0 Å². The van der Waals surface area contributed by atoms with Crippen LogP contribution in [-0.2, 0) is 18.2 Å². The summed E-state index contributed by atoms with van der Waals surface area (Å²) < 4.78 is 47.8. The number of halogens is 1. The van der Waals surface area contributed by atoms with E-state index < -0.39 is 32.6 Å². The maximum atomic E-state index is 13.9. The van der Waals surface area contributed by atoms with Crippen molar-refractivity contribution in [2.24, 2.45) is 0 Å². The monoisotopic (exact) mass is 274 g/mol. The first-order valence-electron chi connectivity index (χ1n) is 5.14. The van der Waals surface area contributed by atoms with Gasteiger partial charge < -0.3 is 13.6 Å². The van der Waals surface area contributed by atoms with Crippen LogP contribution in [0.2, 0.25) is 0 Å². The summed E-state index contributed by atoms with van der Waals surface area (Å²) >= 11 is 0. The minimum absolute atomic E-state index is 0.450. The van der Waals surface area contributed by atoms with Gasteiger partial charge >= 0.3 is 7.60 Å². The molecule has 0 rings (SSSR count). The van der Waals surface area contributed by atoms with Crippen molar-refractivity contribution >= 4 is 14.7 Å². The molecule has 16 heavy (non-hydrogen) atoms. The number of hydrogen-bond acceptors (Lipinski definition) is 4. The largest absolute Gasteiger partial charge is 0.372 e. The Balaban J connectivity index is 5.08. The first-order valence-corrected chi connectivity index (χ1v) is 9.42. The minimum Gasteiger partial charge on any atom is -0.320 e. The second kappa shape index (κ2) is 5.77. The second-order valence-corrected chi connectivity index (χ2v) is 10.3. The van der Waals surface area contributed by atoms with Crippen LogP contribution in [0.3, 0.4) is 0 Å². The van der Waals surface area contributed by atoms with Gasteiger partial charge in [-0.2, -0.15) is 0 Å². The molecular formula is C9H21FO4P2. The zero-order chi connectivity index (χ0) is 13.1. The molecule has 0 aromatic heterocycles. The predicted molar refractivity (Wildman–Crippen MR) is 64.4 cm³/mol. The van der Waals surface area contributed by atoms with Crippen molar-refractivity contribution in [1.82, 2.24) is 0 Å². The summed E-state index contributed by atoms with van der Waals surface area (Å²) in [6.45, 7) is 8.96. The lowest BCUT2D eigenvalue weighted by Gasteiger charge is -2.27. The Bertz CT molecular complexity index is 297. The molecule has 0 bridgehead atoms. The molecule has 0 aromatic rings. The van der Waals surface area contributed by atoms with Crippen LogP contribution in [0.4, 0.5) is 4.39 Å². The average molecular weight is 274 g/mol. The van der Waals surface area contributed by atoms with Gasteiger partial charge in [-0.15, -0.1) is 0 Å². The van der Waals surface area contributed by atoms with Gasteiger partial charge in [-0.05, 0) is 41.0 Å². The molecule has 1 atom stereocenters. The van der Waals surface area contributed by atoms with Crippen LogP contribution in [0.15, 0.2) is 0 Å². The molecular weight excluding hydrogens is 253 g/mol. The van der Waals surface area contributed by atoms with E-state index in [1.807, 2.05) is 0 Å². The van der Waals surface area contributed by atoms with E-state index >= 15 is 0 Å². The van der Waals surface area contributed by atoms with Gasteiger partial charge in [0.05, 0.1) is 12.2 Å². The zero-order valence-corrected chi connectivity index (χ0v) is 12.4. The summed E-state index contributed by atoms with van der Waals surface area (Å²) in [6, 6.07) is 0. The van der Waals surface area contributed by atoms with Gasteiger partial charge in [-0.25, -0.2) is 4.39 Å². The van der Waals surface area contributed by atoms with Gasteiger partial charge in [0.25, 0.3) is 5.65 Å². The number of rotatable bonds is 6. The predicted octanol–water partition coefficient (Wildman–Crippen LogP) is 3.91. The Morgan fingerprint density at radius 1 is 0.938 bits per heavy atom. The lowest BCUT2D eigenvalue weighted by molar-refractivity contribution is 0.131. The molecule has 0 aliphatic rings. The molecule has 1 unspecified atom stereocenters. The van der Waals surface area contributed by atoms with Crippen molar-refractivity contribution < 1.29 is 22.6 Å². The second-order valence-electron chi connectivity index (χ2n) is 4.59. The Kier molecular flexibility index (Phi) is 5.88. The van der Waals surface area contributed by atoms with Crippen molar-refractivity contribution in [2.45, 2.75) is 45.6 Å². The van der Waals surface area contributed by atoms with Crippen LogP contribution in [-0.4, -0.2) is 31.2 Å². The van der Waals surface area contributed by atoms with Gasteiger partial charge in [0, 0.05) is 0 Å². The molecule has 0 saturated carbocycles. The lowest BCUT2D eigenvalue weighted by Crippen LogP contribution is -2.15. The third-order valence-electron chi connectivity index (χ3n) is 1.49. The quantitative estimate of drug-likeness (QED) is 0.689. The minimum atomic E-state index is -3.97. The summed E-state index contributed by atoms with van der Waals surface area (Å²) in [4.78, 5) is 0. The van der Waals surface area contributed by atoms with Crippen molar-refractivity contribution in [3.63, 3.8) is 0 Å². The first kappa shape index (κ1) is 16.3. The van der Waals surface area contributed by atoms with Gasteiger partial charge in [-0.1, -0.05) is 0 Å².